The van der Waals surface area contributed by atoms with Gasteiger partial charge in [0.05, 0.1) is 17.6 Å². The Morgan fingerprint density at radius 2 is 1.85 bits per heavy atom. The van der Waals surface area contributed by atoms with Gasteiger partial charge in [-0.05, 0) is 50.3 Å². The van der Waals surface area contributed by atoms with E-state index in [2.05, 4.69) is 0 Å². The van der Waals surface area contributed by atoms with Gasteiger partial charge in [-0.2, -0.15) is 13.2 Å². The Balaban J connectivity index is 0.00000261. The van der Waals surface area contributed by atoms with Crippen LogP contribution in [0.3, 0.4) is 0 Å². The van der Waals surface area contributed by atoms with Crippen molar-refractivity contribution in [1.29, 1.82) is 0 Å². The monoisotopic (exact) mass is 408 g/mol. The third kappa shape index (κ3) is 4.74. The van der Waals surface area contributed by atoms with Gasteiger partial charge in [0.25, 0.3) is 0 Å². The molecule has 2 unspecified atom stereocenters. The summed E-state index contributed by atoms with van der Waals surface area (Å²) in [5.74, 6) is -0.116. The van der Waals surface area contributed by atoms with Gasteiger partial charge in [0.2, 0.25) is 5.91 Å². The van der Waals surface area contributed by atoms with Crippen molar-refractivity contribution in [3.8, 4) is 0 Å². The first-order valence-corrected chi connectivity index (χ1v) is 9.06. The van der Waals surface area contributed by atoms with Crippen molar-refractivity contribution in [1.82, 2.24) is 9.80 Å². The molecule has 2 aliphatic heterocycles. The normalized spacial score (nSPS) is 26.7. The molecule has 0 aromatic heterocycles. The SMILES string of the molecule is CC1(N2CCC(F)C2)CCCCN1C(=O)Cc1ccc(C(F)(F)F)cc1.Cl. The zero-order valence-electron chi connectivity index (χ0n) is 15.3. The summed E-state index contributed by atoms with van der Waals surface area (Å²) in [5, 5.41) is 0. The van der Waals surface area contributed by atoms with Crippen LogP contribution in [0.1, 0.15) is 43.7 Å². The van der Waals surface area contributed by atoms with Gasteiger partial charge in [-0.3, -0.25) is 9.69 Å². The maximum Gasteiger partial charge on any atom is 0.416 e. The molecule has 3 rings (SSSR count). The molecule has 152 valence electrons. The van der Waals surface area contributed by atoms with Gasteiger partial charge in [0.15, 0.2) is 0 Å². The van der Waals surface area contributed by atoms with E-state index in [1.807, 2.05) is 11.8 Å². The molecule has 0 spiro atoms. The molecule has 2 atom stereocenters. The van der Waals surface area contributed by atoms with Crippen LogP contribution in [0.5, 0.6) is 0 Å². The second-order valence-corrected chi connectivity index (χ2v) is 7.42. The molecule has 2 heterocycles. The molecule has 1 amide bonds. The van der Waals surface area contributed by atoms with E-state index in [0.717, 1.165) is 31.4 Å². The molecular weight excluding hydrogens is 384 g/mol. The summed E-state index contributed by atoms with van der Waals surface area (Å²) in [4.78, 5) is 16.7. The summed E-state index contributed by atoms with van der Waals surface area (Å²) in [5.41, 5.74) is -0.675. The first-order chi connectivity index (χ1) is 12.2. The molecule has 3 nitrogen and oxygen atoms in total. The van der Waals surface area contributed by atoms with Crippen molar-refractivity contribution in [2.45, 2.75) is 57.0 Å². The van der Waals surface area contributed by atoms with Crippen molar-refractivity contribution in [3.05, 3.63) is 35.4 Å². The number of carbonyl (C=O) groups excluding carboxylic acids is 1. The minimum atomic E-state index is -4.38. The molecular formula is C19H25ClF4N2O. The number of amides is 1. The van der Waals surface area contributed by atoms with Crippen LogP contribution < -0.4 is 0 Å². The summed E-state index contributed by atoms with van der Waals surface area (Å²) in [6.07, 6.45) is -2.04. The molecule has 1 aromatic carbocycles. The van der Waals surface area contributed by atoms with Gasteiger partial charge < -0.3 is 4.90 Å². The number of benzene rings is 1. The summed E-state index contributed by atoms with van der Waals surface area (Å²) >= 11 is 0. The van der Waals surface area contributed by atoms with Gasteiger partial charge in [-0.15, -0.1) is 12.4 Å². The lowest BCUT2D eigenvalue weighted by Gasteiger charge is -2.50. The topological polar surface area (TPSA) is 23.6 Å². The number of likely N-dealkylation sites (tertiary alicyclic amines) is 2. The lowest BCUT2D eigenvalue weighted by atomic mass is 9.94. The van der Waals surface area contributed by atoms with E-state index in [1.54, 1.807) is 4.90 Å². The Labute approximate surface area is 163 Å². The number of halogens is 5. The summed E-state index contributed by atoms with van der Waals surface area (Å²) < 4.78 is 51.7. The van der Waals surface area contributed by atoms with Gasteiger partial charge >= 0.3 is 6.18 Å². The zero-order chi connectivity index (χ0) is 18.9. The summed E-state index contributed by atoms with van der Waals surface area (Å²) in [7, 11) is 0. The maximum absolute atomic E-state index is 13.7. The Hall–Kier alpha value is -1.34. The van der Waals surface area contributed by atoms with E-state index < -0.39 is 23.6 Å². The molecule has 2 fully saturated rings. The Kier molecular flexibility index (Phi) is 6.79. The van der Waals surface area contributed by atoms with Crippen LogP contribution in [-0.2, 0) is 17.4 Å². The van der Waals surface area contributed by atoms with E-state index in [4.69, 9.17) is 0 Å². The minimum absolute atomic E-state index is 0. The quantitative estimate of drug-likeness (QED) is 0.690. The highest BCUT2D eigenvalue weighted by molar-refractivity contribution is 5.85. The van der Waals surface area contributed by atoms with Crippen LogP contribution in [0.4, 0.5) is 17.6 Å². The minimum Gasteiger partial charge on any atom is -0.324 e. The second kappa shape index (κ2) is 8.35. The average Bonchev–Trinajstić information content (AvgIpc) is 3.02. The Morgan fingerprint density at radius 3 is 2.41 bits per heavy atom. The van der Waals surface area contributed by atoms with E-state index >= 15 is 0 Å². The highest BCUT2D eigenvalue weighted by Gasteiger charge is 2.44. The van der Waals surface area contributed by atoms with E-state index in [0.29, 0.717) is 31.6 Å². The average molecular weight is 409 g/mol. The third-order valence-electron chi connectivity index (χ3n) is 5.61. The summed E-state index contributed by atoms with van der Waals surface area (Å²) in [6, 6.07) is 4.73. The first kappa shape index (κ1) is 22.0. The number of carbonyl (C=O) groups is 1. The van der Waals surface area contributed by atoms with Crippen LogP contribution in [-0.4, -0.2) is 47.2 Å². The molecule has 2 aliphatic rings. The first-order valence-electron chi connectivity index (χ1n) is 9.06. The Bertz CT molecular complexity index is 652. The molecule has 0 aliphatic carbocycles. The molecule has 0 radical (unpaired) electrons. The standard InChI is InChI=1S/C19H24F4N2O.ClH/c1-18(24-11-8-16(20)13-24)9-2-3-10-25(18)17(26)12-14-4-6-15(7-5-14)19(21,22)23;/h4-7,16H,2-3,8-13H2,1H3;1H. The predicted molar refractivity (Wildman–Crippen MR) is 97.5 cm³/mol. The molecule has 2 saturated heterocycles. The smallest absolute Gasteiger partial charge is 0.324 e. The lowest BCUT2D eigenvalue weighted by molar-refractivity contribution is -0.149. The van der Waals surface area contributed by atoms with Crippen LogP contribution >= 0.6 is 12.4 Å². The fraction of sp³-hybridized carbons (Fsp3) is 0.632. The van der Waals surface area contributed by atoms with E-state index in [1.165, 1.54) is 12.1 Å². The number of nitrogens with zero attached hydrogens (tertiary/aromatic N) is 2. The molecule has 0 saturated carbocycles. The largest absolute Gasteiger partial charge is 0.416 e. The van der Waals surface area contributed by atoms with Gasteiger partial charge in [-0.25, -0.2) is 4.39 Å². The highest BCUT2D eigenvalue weighted by Crippen LogP contribution is 2.35. The molecule has 0 bridgehead atoms. The Morgan fingerprint density at radius 1 is 1.19 bits per heavy atom. The number of hydrogen-bond donors (Lipinski definition) is 0. The van der Waals surface area contributed by atoms with Gasteiger partial charge in [0, 0.05) is 19.6 Å². The van der Waals surface area contributed by atoms with Crippen LogP contribution in [0.2, 0.25) is 0 Å². The van der Waals surface area contributed by atoms with Crippen LogP contribution in [0, 0.1) is 0 Å². The summed E-state index contributed by atoms with van der Waals surface area (Å²) in [6.45, 7) is 3.54. The predicted octanol–water partition coefficient (Wildman–Crippen LogP) is 4.44. The highest BCUT2D eigenvalue weighted by atomic mass is 35.5. The number of hydrogen-bond acceptors (Lipinski definition) is 2. The van der Waals surface area contributed by atoms with Crippen molar-refractivity contribution in [2.24, 2.45) is 0 Å². The lowest BCUT2D eigenvalue weighted by Crippen LogP contribution is -2.62. The molecule has 8 heteroatoms. The van der Waals surface area contributed by atoms with Crippen molar-refractivity contribution < 1.29 is 22.4 Å². The van der Waals surface area contributed by atoms with E-state index in [9.17, 15) is 22.4 Å². The van der Waals surface area contributed by atoms with Crippen molar-refractivity contribution in [2.75, 3.05) is 19.6 Å². The maximum atomic E-state index is 13.7. The number of piperidine rings is 1. The fourth-order valence-corrected chi connectivity index (χ4v) is 4.06. The number of alkyl halides is 4. The second-order valence-electron chi connectivity index (χ2n) is 7.42. The van der Waals surface area contributed by atoms with Crippen LogP contribution in [0.25, 0.3) is 0 Å². The van der Waals surface area contributed by atoms with Crippen molar-refractivity contribution >= 4 is 18.3 Å². The van der Waals surface area contributed by atoms with Gasteiger partial charge in [-0.1, -0.05) is 12.1 Å². The third-order valence-corrected chi connectivity index (χ3v) is 5.61. The van der Waals surface area contributed by atoms with Crippen molar-refractivity contribution in [3.63, 3.8) is 0 Å². The fourth-order valence-electron chi connectivity index (χ4n) is 4.06. The zero-order valence-corrected chi connectivity index (χ0v) is 16.1. The van der Waals surface area contributed by atoms with Crippen LogP contribution in [0.15, 0.2) is 24.3 Å². The molecule has 0 N–H and O–H groups in total. The molecule has 27 heavy (non-hydrogen) atoms. The number of rotatable bonds is 3. The van der Waals surface area contributed by atoms with Gasteiger partial charge in [0.1, 0.15) is 6.17 Å². The van der Waals surface area contributed by atoms with E-state index in [-0.39, 0.29) is 24.7 Å². The molecule has 1 aromatic rings.